The van der Waals surface area contributed by atoms with Gasteiger partial charge in [-0.1, -0.05) is 35.6 Å². The van der Waals surface area contributed by atoms with Gasteiger partial charge in [0.05, 0.1) is 22.1 Å². The molecule has 7 heteroatoms. The minimum atomic E-state index is -0.00957. The molecule has 0 atom stereocenters. The molecule has 0 saturated carbocycles. The normalized spacial score (nSPS) is 14.5. The summed E-state index contributed by atoms with van der Waals surface area (Å²) in [7, 11) is 0. The van der Waals surface area contributed by atoms with Gasteiger partial charge in [0, 0.05) is 19.3 Å². The third kappa shape index (κ3) is 5.20. The van der Waals surface area contributed by atoms with Gasteiger partial charge in [-0.3, -0.25) is 9.78 Å². The van der Waals surface area contributed by atoms with Gasteiger partial charge in [0.15, 0.2) is 0 Å². The van der Waals surface area contributed by atoms with Crippen LogP contribution in [-0.4, -0.2) is 38.8 Å². The number of benzene rings is 2. The van der Waals surface area contributed by atoms with Gasteiger partial charge in [-0.25, -0.2) is 9.97 Å². The van der Waals surface area contributed by atoms with Crippen LogP contribution in [0, 0.1) is 12.8 Å². The zero-order chi connectivity index (χ0) is 22.6. The summed E-state index contributed by atoms with van der Waals surface area (Å²) >= 11 is 1.56. The number of ether oxygens (including phenoxy) is 1. The molecule has 0 N–H and O–H groups in total. The molecular weight excluding hydrogens is 432 g/mol. The summed E-state index contributed by atoms with van der Waals surface area (Å²) in [5, 5.41) is 0.668. The number of aryl methyl sites for hydroxylation is 2. The molecule has 0 radical (unpaired) electrons. The Labute approximate surface area is 197 Å². The van der Waals surface area contributed by atoms with Crippen LogP contribution in [0.5, 0.6) is 10.9 Å². The first kappa shape index (κ1) is 21.5. The third-order valence-corrected chi connectivity index (χ3v) is 7.06. The van der Waals surface area contributed by atoms with E-state index < -0.39 is 0 Å². The molecule has 168 valence electrons. The fraction of sp³-hybridized carbons (Fsp3) is 0.308. The van der Waals surface area contributed by atoms with Crippen LogP contribution in [0.25, 0.3) is 10.2 Å². The largest absolute Gasteiger partial charge is 0.431 e. The molecule has 0 bridgehead atoms. The fourth-order valence-electron chi connectivity index (χ4n) is 4.18. The Kier molecular flexibility index (Phi) is 6.30. The van der Waals surface area contributed by atoms with Gasteiger partial charge >= 0.3 is 0 Å². The van der Waals surface area contributed by atoms with Crippen LogP contribution in [0.2, 0.25) is 0 Å². The lowest BCUT2D eigenvalue weighted by Crippen LogP contribution is -2.39. The highest BCUT2D eigenvalue weighted by Crippen LogP contribution is 2.31. The molecule has 1 aliphatic rings. The Balaban J connectivity index is 1.09. The first-order valence-corrected chi connectivity index (χ1v) is 12.2. The molecule has 2 aromatic carbocycles. The number of thiazole rings is 1. The van der Waals surface area contributed by atoms with Crippen LogP contribution in [-0.2, 0) is 6.42 Å². The zero-order valence-corrected chi connectivity index (χ0v) is 19.4. The van der Waals surface area contributed by atoms with Crippen molar-refractivity contribution >= 4 is 27.5 Å². The lowest BCUT2D eigenvalue weighted by Gasteiger charge is -2.31. The summed E-state index contributed by atoms with van der Waals surface area (Å²) < 4.78 is 7.08. The van der Waals surface area contributed by atoms with Crippen molar-refractivity contribution < 1.29 is 9.53 Å². The van der Waals surface area contributed by atoms with E-state index in [1.165, 1.54) is 5.56 Å². The van der Waals surface area contributed by atoms with Crippen LogP contribution in [0.1, 0.15) is 41.0 Å². The van der Waals surface area contributed by atoms with E-state index in [2.05, 4.69) is 33.2 Å². The predicted octanol–water partition coefficient (Wildman–Crippen LogP) is 5.67. The van der Waals surface area contributed by atoms with Crippen LogP contribution in [0.3, 0.4) is 0 Å². The number of nitrogens with zero attached hydrogens (tertiary/aromatic N) is 4. The predicted molar refractivity (Wildman–Crippen MR) is 130 cm³/mol. The number of piperidine rings is 1. The third-order valence-electron chi connectivity index (χ3n) is 6.15. The topological polar surface area (TPSA) is 68.2 Å². The van der Waals surface area contributed by atoms with Crippen molar-refractivity contribution in [3.05, 3.63) is 77.9 Å². The molecular formula is C26H26N4O2S. The van der Waals surface area contributed by atoms with E-state index in [0.29, 0.717) is 16.8 Å². The minimum absolute atomic E-state index is 0.00957. The van der Waals surface area contributed by atoms with Crippen molar-refractivity contribution in [3.8, 4) is 10.9 Å². The van der Waals surface area contributed by atoms with Crippen molar-refractivity contribution in [3.63, 3.8) is 0 Å². The molecule has 4 aromatic rings. The zero-order valence-electron chi connectivity index (χ0n) is 18.6. The van der Waals surface area contributed by atoms with Gasteiger partial charge in [0.25, 0.3) is 11.1 Å². The molecule has 1 fully saturated rings. The minimum Gasteiger partial charge on any atom is -0.431 e. The number of carbonyl (C=O) groups excluding carboxylic acids is 1. The lowest BCUT2D eigenvalue weighted by molar-refractivity contribution is 0.0680. The van der Waals surface area contributed by atoms with Gasteiger partial charge in [-0.2, -0.15) is 0 Å². The molecule has 6 nitrogen and oxygen atoms in total. The van der Waals surface area contributed by atoms with Crippen LogP contribution in [0.4, 0.5) is 0 Å². The Hall–Kier alpha value is -3.32. The standard InChI is InChI=1S/C26H26N4O2S/c1-18-16-28-23(17-27-18)25(31)30-14-12-20(13-15-30)7-6-19-8-10-21(11-9-19)32-26-29-22-4-2-3-5-24(22)33-26/h2-5,8-11,16-17,20H,6-7,12-15H2,1H3. The second kappa shape index (κ2) is 9.67. The number of hydrogen-bond acceptors (Lipinski definition) is 6. The van der Waals surface area contributed by atoms with Crippen molar-refractivity contribution in [2.24, 2.45) is 5.92 Å². The number of fused-ring (bicyclic) bond motifs is 1. The average Bonchev–Trinajstić information content (AvgIpc) is 3.26. The number of rotatable bonds is 6. The number of hydrogen-bond donors (Lipinski definition) is 0. The van der Waals surface area contributed by atoms with Crippen molar-refractivity contribution in [2.45, 2.75) is 32.6 Å². The molecule has 1 amide bonds. The highest BCUT2D eigenvalue weighted by molar-refractivity contribution is 7.20. The summed E-state index contributed by atoms with van der Waals surface area (Å²) in [5.41, 5.74) is 3.53. The fourth-order valence-corrected chi connectivity index (χ4v) is 5.02. The van der Waals surface area contributed by atoms with E-state index in [-0.39, 0.29) is 5.91 Å². The molecule has 1 saturated heterocycles. The van der Waals surface area contributed by atoms with E-state index in [0.717, 1.165) is 60.4 Å². The van der Waals surface area contributed by atoms with Gasteiger partial charge in [0.1, 0.15) is 11.4 Å². The lowest BCUT2D eigenvalue weighted by atomic mass is 9.90. The molecule has 0 spiro atoms. The Morgan fingerprint density at radius 1 is 1.06 bits per heavy atom. The van der Waals surface area contributed by atoms with Gasteiger partial charge in [-0.05, 0) is 68.4 Å². The molecule has 0 aliphatic carbocycles. The van der Waals surface area contributed by atoms with Crippen molar-refractivity contribution in [1.82, 2.24) is 19.9 Å². The number of para-hydroxylation sites is 1. The maximum absolute atomic E-state index is 12.6. The number of aromatic nitrogens is 3. The quantitative estimate of drug-likeness (QED) is 0.372. The monoisotopic (exact) mass is 458 g/mol. The highest BCUT2D eigenvalue weighted by atomic mass is 32.1. The van der Waals surface area contributed by atoms with E-state index in [1.54, 1.807) is 23.7 Å². The van der Waals surface area contributed by atoms with E-state index in [4.69, 9.17) is 4.74 Å². The summed E-state index contributed by atoms with van der Waals surface area (Å²) in [6.07, 6.45) is 7.45. The Morgan fingerprint density at radius 2 is 1.85 bits per heavy atom. The Bertz CT molecular complexity index is 1200. The van der Waals surface area contributed by atoms with Crippen LogP contribution >= 0.6 is 11.3 Å². The summed E-state index contributed by atoms with van der Waals surface area (Å²) in [5.74, 6) is 1.44. The molecule has 5 rings (SSSR count). The van der Waals surface area contributed by atoms with Crippen LogP contribution in [0.15, 0.2) is 60.9 Å². The van der Waals surface area contributed by atoms with Gasteiger partial charge in [-0.15, -0.1) is 0 Å². The highest BCUT2D eigenvalue weighted by Gasteiger charge is 2.24. The first-order chi connectivity index (χ1) is 16.1. The molecule has 33 heavy (non-hydrogen) atoms. The SMILES string of the molecule is Cc1cnc(C(=O)N2CCC(CCc3ccc(Oc4nc5ccccc5s4)cc3)CC2)cn1. The van der Waals surface area contributed by atoms with Gasteiger partial charge < -0.3 is 9.64 Å². The van der Waals surface area contributed by atoms with Crippen molar-refractivity contribution in [1.29, 1.82) is 0 Å². The maximum Gasteiger partial charge on any atom is 0.279 e. The van der Waals surface area contributed by atoms with Crippen molar-refractivity contribution in [2.75, 3.05) is 13.1 Å². The van der Waals surface area contributed by atoms with Gasteiger partial charge in [0.2, 0.25) is 0 Å². The van der Waals surface area contributed by atoms with E-state index >= 15 is 0 Å². The smallest absolute Gasteiger partial charge is 0.279 e. The molecule has 3 heterocycles. The number of carbonyl (C=O) groups is 1. The summed E-state index contributed by atoms with van der Waals surface area (Å²) in [4.78, 5) is 27.5. The maximum atomic E-state index is 12.6. The number of likely N-dealkylation sites (tertiary alicyclic amines) is 1. The first-order valence-electron chi connectivity index (χ1n) is 11.3. The van der Waals surface area contributed by atoms with E-state index in [9.17, 15) is 4.79 Å². The average molecular weight is 459 g/mol. The molecule has 2 aromatic heterocycles. The molecule has 1 aliphatic heterocycles. The Morgan fingerprint density at radius 3 is 2.58 bits per heavy atom. The van der Waals surface area contributed by atoms with E-state index in [1.807, 2.05) is 42.2 Å². The number of amides is 1. The summed E-state index contributed by atoms with van der Waals surface area (Å²) in [6.45, 7) is 3.44. The second-order valence-corrected chi connectivity index (χ2v) is 9.50. The van der Waals surface area contributed by atoms with Crippen LogP contribution < -0.4 is 4.74 Å². The molecule has 0 unspecified atom stereocenters. The second-order valence-electron chi connectivity index (χ2n) is 8.51. The summed E-state index contributed by atoms with van der Waals surface area (Å²) in [6, 6.07) is 16.4.